The van der Waals surface area contributed by atoms with E-state index in [1.54, 1.807) is 0 Å². The van der Waals surface area contributed by atoms with Crippen LogP contribution in [0.2, 0.25) is 0 Å². The number of ether oxygens (including phenoxy) is 3. The maximum Gasteiger partial charge on any atom is 0.123 e. The lowest BCUT2D eigenvalue weighted by molar-refractivity contribution is -0.173. The fraction of sp³-hybridized carbons (Fsp3) is 0.684. The average Bonchev–Trinajstić information content (AvgIpc) is 3.01. The molecule has 1 aromatic carbocycles. The maximum atomic E-state index is 6.06. The maximum absolute atomic E-state index is 6.06. The summed E-state index contributed by atoms with van der Waals surface area (Å²) in [6.45, 7) is 5.56. The largest absolute Gasteiger partial charge is 0.488 e. The van der Waals surface area contributed by atoms with Gasteiger partial charge in [0.2, 0.25) is 0 Å². The van der Waals surface area contributed by atoms with Crippen molar-refractivity contribution in [3.63, 3.8) is 0 Å². The van der Waals surface area contributed by atoms with Crippen LogP contribution in [0.3, 0.4) is 0 Å². The zero-order chi connectivity index (χ0) is 15.7. The minimum absolute atomic E-state index is 0.260. The molecule has 2 fully saturated rings. The van der Waals surface area contributed by atoms with Gasteiger partial charge in [0.15, 0.2) is 0 Å². The minimum atomic E-state index is 0.260. The van der Waals surface area contributed by atoms with Gasteiger partial charge in [0.05, 0.1) is 6.10 Å². The average molecular weight is 317 g/mol. The molecule has 0 amide bonds. The SMILES string of the molecule is CCOC1CC(NCC2Cc3ccccc3O2)C12CCOCC2. The van der Waals surface area contributed by atoms with Crippen molar-refractivity contribution in [1.82, 2.24) is 5.32 Å². The van der Waals surface area contributed by atoms with Crippen molar-refractivity contribution in [2.75, 3.05) is 26.4 Å². The van der Waals surface area contributed by atoms with Gasteiger partial charge in [-0.15, -0.1) is 0 Å². The summed E-state index contributed by atoms with van der Waals surface area (Å²) in [6.07, 6.45) is 5.02. The molecule has 1 saturated heterocycles. The Kier molecular flexibility index (Phi) is 4.31. The highest BCUT2D eigenvalue weighted by Gasteiger charge is 2.55. The van der Waals surface area contributed by atoms with Gasteiger partial charge in [-0.05, 0) is 37.8 Å². The molecule has 1 saturated carbocycles. The second kappa shape index (κ2) is 6.42. The molecule has 1 N–H and O–H groups in total. The van der Waals surface area contributed by atoms with Gasteiger partial charge in [0, 0.05) is 44.2 Å². The Morgan fingerprint density at radius 3 is 2.87 bits per heavy atom. The van der Waals surface area contributed by atoms with E-state index in [2.05, 4.69) is 30.4 Å². The van der Waals surface area contributed by atoms with E-state index in [0.717, 1.165) is 57.8 Å². The van der Waals surface area contributed by atoms with Crippen LogP contribution < -0.4 is 10.1 Å². The zero-order valence-electron chi connectivity index (χ0n) is 13.9. The van der Waals surface area contributed by atoms with E-state index in [4.69, 9.17) is 14.2 Å². The predicted octanol–water partition coefficient (Wildman–Crippen LogP) is 2.55. The van der Waals surface area contributed by atoms with Crippen molar-refractivity contribution >= 4 is 0 Å². The number of rotatable bonds is 5. The van der Waals surface area contributed by atoms with Gasteiger partial charge in [0.25, 0.3) is 0 Å². The first-order valence-corrected chi connectivity index (χ1v) is 8.99. The van der Waals surface area contributed by atoms with Gasteiger partial charge in [-0.1, -0.05) is 18.2 Å². The van der Waals surface area contributed by atoms with Gasteiger partial charge in [-0.3, -0.25) is 0 Å². The van der Waals surface area contributed by atoms with Crippen LogP contribution in [0.25, 0.3) is 0 Å². The van der Waals surface area contributed by atoms with Crippen LogP contribution in [-0.2, 0) is 15.9 Å². The van der Waals surface area contributed by atoms with Crippen molar-refractivity contribution in [2.45, 2.75) is 50.9 Å². The number of para-hydroxylation sites is 1. The third-order valence-corrected chi connectivity index (χ3v) is 5.88. The molecule has 3 atom stereocenters. The first kappa shape index (κ1) is 15.4. The normalized spacial score (nSPS) is 31.4. The minimum Gasteiger partial charge on any atom is -0.488 e. The van der Waals surface area contributed by atoms with Gasteiger partial charge in [-0.2, -0.15) is 0 Å². The van der Waals surface area contributed by atoms with Crippen molar-refractivity contribution < 1.29 is 14.2 Å². The molecule has 1 aliphatic carbocycles. The Bertz CT molecular complexity index is 516. The third kappa shape index (κ3) is 2.77. The van der Waals surface area contributed by atoms with Crippen LogP contribution in [0.15, 0.2) is 24.3 Å². The van der Waals surface area contributed by atoms with Crippen molar-refractivity contribution in [2.24, 2.45) is 5.41 Å². The lowest BCUT2D eigenvalue weighted by atomic mass is 9.57. The number of benzene rings is 1. The van der Waals surface area contributed by atoms with Gasteiger partial charge < -0.3 is 19.5 Å². The van der Waals surface area contributed by atoms with Crippen LogP contribution in [0.5, 0.6) is 5.75 Å². The second-order valence-corrected chi connectivity index (χ2v) is 7.04. The number of fused-ring (bicyclic) bond motifs is 1. The Hall–Kier alpha value is -1.10. The van der Waals surface area contributed by atoms with E-state index in [0.29, 0.717) is 12.1 Å². The lowest BCUT2D eigenvalue weighted by Crippen LogP contribution is -2.66. The molecule has 0 radical (unpaired) electrons. The molecule has 2 aliphatic heterocycles. The van der Waals surface area contributed by atoms with E-state index in [-0.39, 0.29) is 11.5 Å². The molecule has 1 spiro atoms. The molecule has 1 aromatic rings. The quantitative estimate of drug-likeness (QED) is 0.906. The highest BCUT2D eigenvalue weighted by atomic mass is 16.5. The van der Waals surface area contributed by atoms with Crippen LogP contribution in [0, 0.1) is 5.41 Å². The number of nitrogens with one attached hydrogen (secondary N) is 1. The summed E-state index contributed by atoms with van der Waals surface area (Å²) in [6, 6.07) is 8.92. The fourth-order valence-corrected chi connectivity index (χ4v) is 4.53. The Morgan fingerprint density at radius 2 is 2.09 bits per heavy atom. The molecule has 23 heavy (non-hydrogen) atoms. The summed E-state index contributed by atoms with van der Waals surface area (Å²) in [5, 5.41) is 3.78. The predicted molar refractivity (Wildman–Crippen MR) is 88.9 cm³/mol. The first-order chi connectivity index (χ1) is 11.3. The number of hydrogen-bond acceptors (Lipinski definition) is 4. The fourth-order valence-electron chi connectivity index (χ4n) is 4.53. The summed E-state index contributed by atoms with van der Waals surface area (Å²) in [4.78, 5) is 0. The summed E-state index contributed by atoms with van der Waals surface area (Å²) in [5.41, 5.74) is 1.61. The van der Waals surface area contributed by atoms with Crippen LogP contribution >= 0.6 is 0 Å². The highest BCUT2D eigenvalue weighted by Crippen LogP contribution is 2.50. The second-order valence-electron chi connectivity index (χ2n) is 7.04. The molecule has 2 heterocycles. The monoisotopic (exact) mass is 317 g/mol. The van der Waals surface area contributed by atoms with Gasteiger partial charge in [0.1, 0.15) is 11.9 Å². The first-order valence-electron chi connectivity index (χ1n) is 8.99. The molecular formula is C19H27NO3. The lowest BCUT2D eigenvalue weighted by Gasteiger charge is -2.57. The van der Waals surface area contributed by atoms with Gasteiger partial charge in [-0.25, -0.2) is 0 Å². The molecule has 3 aliphatic rings. The van der Waals surface area contributed by atoms with E-state index in [9.17, 15) is 0 Å². The molecular weight excluding hydrogens is 290 g/mol. The van der Waals surface area contributed by atoms with Crippen molar-refractivity contribution in [3.8, 4) is 5.75 Å². The summed E-state index contributed by atoms with van der Waals surface area (Å²) < 4.78 is 17.6. The topological polar surface area (TPSA) is 39.7 Å². The molecule has 126 valence electrons. The van der Waals surface area contributed by atoms with E-state index < -0.39 is 0 Å². The van der Waals surface area contributed by atoms with Crippen LogP contribution in [0.4, 0.5) is 0 Å². The molecule has 0 aromatic heterocycles. The van der Waals surface area contributed by atoms with E-state index in [1.807, 2.05) is 6.07 Å². The smallest absolute Gasteiger partial charge is 0.123 e. The van der Waals surface area contributed by atoms with Crippen molar-refractivity contribution in [3.05, 3.63) is 29.8 Å². The Morgan fingerprint density at radius 1 is 1.26 bits per heavy atom. The molecule has 3 unspecified atom stereocenters. The zero-order valence-corrected chi connectivity index (χ0v) is 13.9. The molecule has 4 nitrogen and oxygen atoms in total. The van der Waals surface area contributed by atoms with E-state index in [1.165, 1.54) is 5.56 Å². The molecule has 4 heteroatoms. The summed E-state index contributed by atoms with van der Waals surface area (Å²) in [5.74, 6) is 1.06. The molecule has 4 rings (SSSR count). The highest BCUT2D eigenvalue weighted by molar-refractivity contribution is 5.37. The van der Waals surface area contributed by atoms with E-state index >= 15 is 0 Å². The number of hydrogen-bond donors (Lipinski definition) is 1. The Balaban J connectivity index is 1.34. The standard InChI is InChI=1S/C19H27NO3/c1-2-22-18-12-17(19(18)7-9-21-10-8-19)20-13-15-11-14-5-3-4-6-16(14)23-15/h3-6,15,17-18,20H,2,7-13H2,1H3. The third-order valence-electron chi connectivity index (χ3n) is 5.88. The Labute approximate surface area is 138 Å². The van der Waals surface area contributed by atoms with Gasteiger partial charge >= 0.3 is 0 Å². The van der Waals surface area contributed by atoms with Crippen LogP contribution in [0.1, 0.15) is 31.7 Å². The summed E-state index contributed by atoms with van der Waals surface area (Å²) in [7, 11) is 0. The molecule has 0 bridgehead atoms. The summed E-state index contributed by atoms with van der Waals surface area (Å²) >= 11 is 0. The van der Waals surface area contributed by atoms with Crippen LogP contribution in [-0.4, -0.2) is 44.6 Å². The van der Waals surface area contributed by atoms with Crippen molar-refractivity contribution in [1.29, 1.82) is 0 Å².